The SMILES string of the molecule is CCOC(=O)c1c(-c2ccc(C(C)C)cc2)csc1NC(=O)COc1ccc(Cl)cc1Cl. The third kappa shape index (κ3) is 5.82. The van der Waals surface area contributed by atoms with E-state index in [1.54, 1.807) is 19.1 Å². The summed E-state index contributed by atoms with van der Waals surface area (Å²) in [4.78, 5) is 25.2. The molecule has 168 valence electrons. The minimum atomic E-state index is -0.492. The van der Waals surface area contributed by atoms with E-state index in [0.717, 1.165) is 5.56 Å². The third-order valence-corrected chi connectivity index (χ3v) is 6.09. The number of ether oxygens (including phenoxy) is 2. The fourth-order valence-electron chi connectivity index (χ4n) is 3.01. The van der Waals surface area contributed by atoms with Gasteiger partial charge in [0.15, 0.2) is 6.61 Å². The van der Waals surface area contributed by atoms with Crippen LogP contribution in [0.1, 0.15) is 42.6 Å². The second-order valence-electron chi connectivity index (χ2n) is 7.26. The number of hydrogen-bond acceptors (Lipinski definition) is 5. The Morgan fingerprint density at radius 2 is 1.81 bits per heavy atom. The van der Waals surface area contributed by atoms with Gasteiger partial charge in [-0.2, -0.15) is 0 Å². The average molecular weight is 492 g/mol. The van der Waals surface area contributed by atoms with Crippen molar-refractivity contribution >= 4 is 51.4 Å². The molecule has 1 amide bonds. The number of anilines is 1. The number of benzene rings is 2. The molecule has 32 heavy (non-hydrogen) atoms. The number of carbonyl (C=O) groups excluding carboxylic acids is 2. The van der Waals surface area contributed by atoms with Crippen molar-refractivity contribution in [3.8, 4) is 16.9 Å². The van der Waals surface area contributed by atoms with Gasteiger partial charge < -0.3 is 14.8 Å². The molecule has 3 aromatic rings. The van der Waals surface area contributed by atoms with Crippen LogP contribution in [0, 0.1) is 0 Å². The zero-order valence-corrected chi connectivity index (χ0v) is 20.2. The third-order valence-electron chi connectivity index (χ3n) is 4.66. The van der Waals surface area contributed by atoms with E-state index in [1.165, 1.54) is 23.0 Å². The normalized spacial score (nSPS) is 10.8. The van der Waals surface area contributed by atoms with Crippen LogP contribution in [-0.2, 0) is 9.53 Å². The van der Waals surface area contributed by atoms with Crippen molar-refractivity contribution in [3.63, 3.8) is 0 Å². The summed E-state index contributed by atoms with van der Waals surface area (Å²) >= 11 is 13.2. The van der Waals surface area contributed by atoms with E-state index < -0.39 is 11.9 Å². The summed E-state index contributed by atoms with van der Waals surface area (Å²) in [5, 5.41) is 5.77. The van der Waals surface area contributed by atoms with Crippen molar-refractivity contribution in [3.05, 3.63) is 69.0 Å². The lowest BCUT2D eigenvalue weighted by atomic mass is 9.98. The molecule has 0 radical (unpaired) electrons. The summed E-state index contributed by atoms with van der Waals surface area (Å²) in [5.41, 5.74) is 3.11. The van der Waals surface area contributed by atoms with Gasteiger partial charge in [-0.1, -0.05) is 61.3 Å². The van der Waals surface area contributed by atoms with Crippen LogP contribution in [0.25, 0.3) is 11.1 Å². The quantitative estimate of drug-likeness (QED) is 0.343. The van der Waals surface area contributed by atoms with Gasteiger partial charge in [0, 0.05) is 16.0 Å². The monoisotopic (exact) mass is 491 g/mol. The molecule has 2 aromatic carbocycles. The Morgan fingerprint density at radius 3 is 2.44 bits per heavy atom. The van der Waals surface area contributed by atoms with E-state index in [0.29, 0.717) is 37.8 Å². The Hall–Kier alpha value is -2.54. The van der Waals surface area contributed by atoms with Crippen LogP contribution in [0.2, 0.25) is 10.0 Å². The van der Waals surface area contributed by atoms with Gasteiger partial charge in [-0.05, 0) is 42.2 Å². The Bertz CT molecular complexity index is 1110. The first-order valence-electron chi connectivity index (χ1n) is 10.1. The molecule has 0 saturated heterocycles. The van der Waals surface area contributed by atoms with Crippen molar-refractivity contribution in [1.82, 2.24) is 0 Å². The van der Waals surface area contributed by atoms with E-state index in [-0.39, 0.29) is 13.2 Å². The molecule has 1 heterocycles. The number of thiophene rings is 1. The Balaban J connectivity index is 1.81. The first kappa shape index (κ1) is 24.1. The highest BCUT2D eigenvalue weighted by atomic mass is 35.5. The van der Waals surface area contributed by atoms with Crippen LogP contribution in [0.5, 0.6) is 5.75 Å². The van der Waals surface area contributed by atoms with Gasteiger partial charge in [-0.15, -0.1) is 11.3 Å². The second-order valence-corrected chi connectivity index (χ2v) is 8.99. The van der Waals surface area contributed by atoms with Crippen LogP contribution in [0.3, 0.4) is 0 Å². The molecular formula is C24H23Cl2NO4S. The maximum absolute atomic E-state index is 12.7. The van der Waals surface area contributed by atoms with E-state index in [9.17, 15) is 9.59 Å². The highest BCUT2D eigenvalue weighted by Crippen LogP contribution is 2.37. The van der Waals surface area contributed by atoms with Crippen LogP contribution in [0.4, 0.5) is 5.00 Å². The standard InChI is InChI=1S/C24H23Cl2NO4S/c1-4-30-24(29)22-18(16-7-5-15(6-8-16)14(2)3)13-32-23(22)27-21(28)12-31-20-10-9-17(25)11-19(20)26/h5-11,13-14H,4,12H2,1-3H3,(H,27,28). The Labute approximate surface area is 201 Å². The van der Waals surface area contributed by atoms with Gasteiger partial charge in [0.25, 0.3) is 5.91 Å². The fourth-order valence-corrected chi connectivity index (χ4v) is 4.45. The summed E-state index contributed by atoms with van der Waals surface area (Å²) in [6, 6.07) is 12.8. The van der Waals surface area contributed by atoms with Gasteiger partial charge in [-0.25, -0.2) is 4.79 Å². The first-order chi connectivity index (χ1) is 15.3. The lowest BCUT2D eigenvalue weighted by Crippen LogP contribution is -2.21. The maximum atomic E-state index is 12.7. The molecular weight excluding hydrogens is 469 g/mol. The van der Waals surface area contributed by atoms with Crippen molar-refractivity contribution in [2.24, 2.45) is 0 Å². The van der Waals surface area contributed by atoms with Crippen molar-refractivity contribution in [2.75, 3.05) is 18.5 Å². The molecule has 0 aliphatic rings. The van der Waals surface area contributed by atoms with Crippen molar-refractivity contribution < 1.29 is 19.1 Å². The summed E-state index contributed by atoms with van der Waals surface area (Å²) in [6.45, 7) is 5.93. The van der Waals surface area contributed by atoms with Gasteiger partial charge in [0.1, 0.15) is 16.3 Å². The molecule has 8 heteroatoms. The molecule has 0 bridgehead atoms. The molecule has 0 spiro atoms. The van der Waals surface area contributed by atoms with Gasteiger partial charge >= 0.3 is 5.97 Å². The van der Waals surface area contributed by atoms with Crippen molar-refractivity contribution in [1.29, 1.82) is 0 Å². The summed E-state index contributed by atoms with van der Waals surface area (Å²) in [6.07, 6.45) is 0. The minimum Gasteiger partial charge on any atom is -0.482 e. The van der Waals surface area contributed by atoms with E-state index in [4.69, 9.17) is 32.7 Å². The smallest absolute Gasteiger partial charge is 0.341 e. The van der Waals surface area contributed by atoms with Crippen molar-refractivity contribution in [2.45, 2.75) is 26.7 Å². The fraction of sp³-hybridized carbons (Fsp3) is 0.250. The first-order valence-corrected chi connectivity index (χ1v) is 11.7. The maximum Gasteiger partial charge on any atom is 0.341 e. The van der Waals surface area contributed by atoms with E-state index in [1.807, 2.05) is 29.6 Å². The van der Waals surface area contributed by atoms with E-state index >= 15 is 0 Å². The summed E-state index contributed by atoms with van der Waals surface area (Å²) in [5.74, 6) is -0.173. The van der Waals surface area contributed by atoms with Crippen LogP contribution >= 0.6 is 34.5 Å². The van der Waals surface area contributed by atoms with Crippen LogP contribution < -0.4 is 10.1 Å². The number of nitrogens with one attached hydrogen (secondary N) is 1. The minimum absolute atomic E-state index is 0.228. The zero-order valence-electron chi connectivity index (χ0n) is 17.9. The molecule has 0 atom stereocenters. The second kappa shape index (κ2) is 10.9. The zero-order chi connectivity index (χ0) is 23.3. The molecule has 1 aromatic heterocycles. The largest absolute Gasteiger partial charge is 0.482 e. The van der Waals surface area contributed by atoms with E-state index in [2.05, 4.69) is 19.2 Å². The van der Waals surface area contributed by atoms with Gasteiger partial charge in [0.2, 0.25) is 0 Å². The topological polar surface area (TPSA) is 64.6 Å². The molecule has 0 aliphatic carbocycles. The van der Waals surface area contributed by atoms with Gasteiger partial charge in [0.05, 0.1) is 11.6 Å². The molecule has 0 unspecified atom stereocenters. The number of hydrogen-bond donors (Lipinski definition) is 1. The highest BCUT2D eigenvalue weighted by molar-refractivity contribution is 7.15. The lowest BCUT2D eigenvalue weighted by Gasteiger charge is -2.11. The number of amides is 1. The molecule has 5 nitrogen and oxygen atoms in total. The summed E-state index contributed by atoms with van der Waals surface area (Å²) in [7, 11) is 0. The van der Waals surface area contributed by atoms with Crippen LogP contribution in [-0.4, -0.2) is 25.1 Å². The highest BCUT2D eigenvalue weighted by Gasteiger charge is 2.23. The Kier molecular flexibility index (Phi) is 8.18. The predicted octanol–water partition coefficient (Wildman–Crippen LogP) is 7.04. The summed E-state index contributed by atoms with van der Waals surface area (Å²) < 4.78 is 10.7. The molecule has 3 rings (SSSR count). The predicted molar refractivity (Wildman–Crippen MR) is 130 cm³/mol. The number of rotatable bonds is 8. The van der Waals surface area contributed by atoms with Gasteiger partial charge in [-0.3, -0.25) is 4.79 Å². The number of esters is 1. The molecule has 0 saturated carbocycles. The Morgan fingerprint density at radius 1 is 1.09 bits per heavy atom. The lowest BCUT2D eigenvalue weighted by molar-refractivity contribution is -0.118. The average Bonchev–Trinajstić information content (AvgIpc) is 3.17. The molecule has 0 fully saturated rings. The number of carbonyl (C=O) groups is 2. The molecule has 1 N–H and O–H groups in total. The van der Waals surface area contributed by atoms with Crippen LogP contribution in [0.15, 0.2) is 47.8 Å². The molecule has 0 aliphatic heterocycles. The number of halogens is 2.